The van der Waals surface area contributed by atoms with Crippen LogP contribution in [0.1, 0.15) is 16.9 Å². The summed E-state index contributed by atoms with van der Waals surface area (Å²) < 4.78 is 41.3. The molecule has 1 unspecified atom stereocenters. The normalized spacial score (nSPS) is 14.5. The maximum absolute atomic E-state index is 13.5. The lowest BCUT2D eigenvalue weighted by atomic mass is 9.86. The largest absolute Gasteiger partial charge is 0.421 e. The fraction of sp³-hybridized carbons (Fsp3) is 0.267. The molecule has 0 aliphatic rings. The lowest BCUT2D eigenvalue weighted by Gasteiger charge is -2.31. The highest BCUT2D eigenvalue weighted by Crippen LogP contribution is 2.49. The summed E-state index contributed by atoms with van der Waals surface area (Å²) in [6, 6.07) is 3.89. The van der Waals surface area contributed by atoms with Gasteiger partial charge in [0.1, 0.15) is 6.29 Å². The molecular formula is C15H10BrCl2F3O2S. The van der Waals surface area contributed by atoms with E-state index in [1.54, 1.807) is 13.0 Å². The Morgan fingerprint density at radius 1 is 1.29 bits per heavy atom. The zero-order chi connectivity index (χ0) is 18.3. The fourth-order valence-corrected chi connectivity index (χ4v) is 4.49. The van der Waals surface area contributed by atoms with Crippen molar-refractivity contribution >= 4 is 56.8 Å². The molecule has 0 spiro atoms. The summed E-state index contributed by atoms with van der Waals surface area (Å²) in [5.74, 6) is 0. The Hall–Kier alpha value is -0.600. The van der Waals surface area contributed by atoms with E-state index in [4.69, 9.17) is 23.2 Å². The maximum atomic E-state index is 13.5. The number of aliphatic hydroxyl groups is 1. The molecule has 0 aliphatic heterocycles. The van der Waals surface area contributed by atoms with Crippen LogP contribution in [0.4, 0.5) is 13.2 Å². The SMILES string of the molecule is Cc1sc(-c2c(Cl)cc(Cl)cc2C(O)(CC=O)C(F)(F)F)cc1Br. The minimum Gasteiger partial charge on any atom is -0.376 e. The zero-order valence-electron chi connectivity index (χ0n) is 12.0. The van der Waals surface area contributed by atoms with Crippen molar-refractivity contribution in [1.29, 1.82) is 0 Å². The first kappa shape index (κ1) is 19.7. The van der Waals surface area contributed by atoms with Crippen molar-refractivity contribution in [3.8, 4) is 10.4 Å². The van der Waals surface area contributed by atoms with Crippen LogP contribution < -0.4 is 0 Å². The molecule has 0 saturated heterocycles. The Balaban J connectivity index is 2.84. The number of halogens is 6. The van der Waals surface area contributed by atoms with Gasteiger partial charge in [0.15, 0.2) is 5.60 Å². The molecule has 1 aromatic carbocycles. The van der Waals surface area contributed by atoms with E-state index in [0.717, 1.165) is 10.9 Å². The second-order valence-electron chi connectivity index (χ2n) is 5.05. The minimum atomic E-state index is -5.08. The first-order chi connectivity index (χ1) is 11.0. The molecule has 0 aliphatic carbocycles. The van der Waals surface area contributed by atoms with E-state index in [-0.39, 0.29) is 21.9 Å². The van der Waals surface area contributed by atoms with Crippen LogP contribution in [0.3, 0.4) is 0 Å². The van der Waals surface area contributed by atoms with Crippen LogP contribution >= 0.6 is 50.5 Å². The highest BCUT2D eigenvalue weighted by atomic mass is 79.9. The van der Waals surface area contributed by atoms with Crippen LogP contribution in [0.5, 0.6) is 0 Å². The van der Waals surface area contributed by atoms with Gasteiger partial charge < -0.3 is 9.90 Å². The molecule has 0 saturated carbocycles. The van der Waals surface area contributed by atoms with Gasteiger partial charge in [0.25, 0.3) is 0 Å². The van der Waals surface area contributed by atoms with Crippen molar-refractivity contribution in [2.24, 2.45) is 0 Å². The number of rotatable bonds is 4. The number of aldehydes is 1. The number of thiophene rings is 1. The quantitative estimate of drug-likeness (QED) is 0.556. The van der Waals surface area contributed by atoms with Gasteiger partial charge in [-0.15, -0.1) is 11.3 Å². The van der Waals surface area contributed by atoms with E-state index in [1.807, 2.05) is 0 Å². The second kappa shape index (κ2) is 6.96. The molecule has 0 radical (unpaired) electrons. The summed E-state index contributed by atoms with van der Waals surface area (Å²) >= 11 is 16.5. The van der Waals surface area contributed by atoms with Crippen LogP contribution in [-0.4, -0.2) is 17.6 Å². The number of alkyl halides is 3. The van der Waals surface area contributed by atoms with E-state index in [2.05, 4.69) is 15.9 Å². The van der Waals surface area contributed by atoms with Crippen molar-refractivity contribution in [2.75, 3.05) is 0 Å². The number of benzene rings is 1. The van der Waals surface area contributed by atoms with Crippen molar-refractivity contribution in [1.82, 2.24) is 0 Å². The maximum Gasteiger partial charge on any atom is 0.421 e. The molecule has 2 rings (SSSR count). The summed E-state index contributed by atoms with van der Waals surface area (Å²) in [5.41, 5.74) is -3.93. The number of aryl methyl sites for hydroxylation is 1. The average molecular weight is 462 g/mol. The van der Waals surface area contributed by atoms with E-state index in [9.17, 15) is 23.1 Å². The number of carbonyl (C=O) groups is 1. The molecule has 2 aromatic rings. The fourth-order valence-electron chi connectivity index (χ4n) is 2.23. The molecule has 1 atom stereocenters. The molecule has 0 fully saturated rings. The number of carbonyl (C=O) groups excluding carboxylic acids is 1. The molecule has 0 amide bonds. The van der Waals surface area contributed by atoms with Gasteiger partial charge in [-0.05, 0) is 41.1 Å². The minimum absolute atomic E-state index is 0.00143. The Morgan fingerprint density at radius 2 is 1.92 bits per heavy atom. The van der Waals surface area contributed by atoms with Gasteiger partial charge in [-0.1, -0.05) is 23.2 Å². The molecule has 2 nitrogen and oxygen atoms in total. The number of hydrogen-bond donors (Lipinski definition) is 1. The summed E-state index contributed by atoms with van der Waals surface area (Å²) in [6.07, 6.45) is -6.23. The third-order valence-electron chi connectivity index (χ3n) is 3.45. The molecule has 24 heavy (non-hydrogen) atoms. The third kappa shape index (κ3) is 3.51. The van der Waals surface area contributed by atoms with Crippen molar-refractivity contribution in [3.05, 3.63) is 43.2 Å². The molecule has 1 heterocycles. The van der Waals surface area contributed by atoms with E-state index in [0.29, 0.717) is 9.35 Å². The standard InChI is InChI=1S/C15H10BrCl2F3O2S/c1-7-10(16)6-12(24-7)13-9(4-8(17)5-11(13)18)14(23,2-3-22)15(19,20)21/h3-6,23H,2H2,1H3. The second-order valence-corrected chi connectivity index (χ2v) is 8.01. The summed E-state index contributed by atoms with van der Waals surface area (Å²) in [7, 11) is 0. The smallest absolute Gasteiger partial charge is 0.376 e. The van der Waals surface area contributed by atoms with E-state index < -0.39 is 23.8 Å². The summed E-state index contributed by atoms with van der Waals surface area (Å²) in [4.78, 5) is 12.0. The van der Waals surface area contributed by atoms with Crippen LogP contribution in [0.2, 0.25) is 10.0 Å². The molecule has 0 bridgehead atoms. The summed E-state index contributed by atoms with van der Waals surface area (Å²) in [5, 5.41) is 10.2. The number of hydrogen-bond acceptors (Lipinski definition) is 3. The van der Waals surface area contributed by atoms with E-state index in [1.165, 1.54) is 17.4 Å². The Bertz CT molecular complexity index is 772. The summed E-state index contributed by atoms with van der Waals surface area (Å²) in [6.45, 7) is 1.78. The highest BCUT2D eigenvalue weighted by Gasteiger charge is 2.56. The monoisotopic (exact) mass is 460 g/mol. The van der Waals surface area contributed by atoms with Gasteiger partial charge >= 0.3 is 6.18 Å². The zero-order valence-corrected chi connectivity index (χ0v) is 16.0. The molecule has 9 heteroatoms. The lowest BCUT2D eigenvalue weighted by Crippen LogP contribution is -2.43. The molecule has 1 N–H and O–H groups in total. The van der Waals surface area contributed by atoms with Gasteiger partial charge in [0, 0.05) is 36.8 Å². The van der Waals surface area contributed by atoms with Crippen molar-refractivity contribution < 1.29 is 23.1 Å². The van der Waals surface area contributed by atoms with Crippen LogP contribution in [0.25, 0.3) is 10.4 Å². The Kier molecular flexibility index (Phi) is 5.72. The molecule has 1 aromatic heterocycles. The average Bonchev–Trinajstić information content (AvgIpc) is 2.76. The predicted molar refractivity (Wildman–Crippen MR) is 92.8 cm³/mol. The third-order valence-corrected chi connectivity index (χ3v) is 6.12. The van der Waals surface area contributed by atoms with Crippen LogP contribution in [-0.2, 0) is 10.4 Å². The molecular weight excluding hydrogens is 452 g/mol. The van der Waals surface area contributed by atoms with Gasteiger partial charge in [0.05, 0.1) is 5.02 Å². The first-order valence-corrected chi connectivity index (χ1v) is 8.86. The van der Waals surface area contributed by atoms with Gasteiger partial charge in [-0.25, -0.2) is 0 Å². The van der Waals surface area contributed by atoms with Gasteiger partial charge in [-0.3, -0.25) is 0 Å². The first-order valence-electron chi connectivity index (χ1n) is 6.50. The van der Waals surface area contributed by atoms with Crippen molar-refractivity contribution in [2.45, 2.75) is 25.1 Å². The highest BCUT2D eigenvalue weighted by molar-refractivity contribution is 9.10. The molecule has 130 valence electrons. The topological polar surface area (TPSA) is 37.3 Å². The Morgan fingerprint density at radius 3 is 2.38 bits per heavy atom. The van der Waals surface area contributed by atoms with Gasteiger partial charge in [-0.2, -0.15) is 13.2 Å². The van der Waals surface area contributed by atoms with Crippen LogP contribution in [0.15, 0.2) is 22.7 Å². The van der Waals surface area contributed by atoms with Crippen molar-refractivity contribution in [3.63, 3.8) is 0 Å². The lowest BCUT2D eigenvalue weighted by molar-refractivity contribution is -0.265. The van der Waals surface area contributed by atoms with Crippen LogP contribution in [0, 0.1) is 6.92 Å². The predicted octanol–water partition coefficient (Wildman–Crippen LogP) is 6.13. The van der Waals surface area contributed by atoms with E-state index >= 15 is 0 Å². The van der Waals surface area contributed by atoms with Gasteiger partial charge in [0.2, 0.25) is 0 Å². The Labute approximate surface area is 158 Å².